The summed E-state index contributed by atoms with van der Waals surface area (Å²) in [4.78, 5) is 0. The number of hydrogen-bond donors (Lipinski definition) is 0. The van der Waals surface area contributed by atoms with E-state index in [2.05, 4.69) is 188 Å². The van der Waals surface area contributed by atoms with E-state index in [1.165, 1.54) is 40.7 Å². The maximum atomic E-state index is 2.45. The van der Waals surface area contributed by atoms with Gasteiger partial charge in [-0.05, 0) is 0 Å². The van der Waals surface area contributed by atoms with E-state index in [4.69, 9.17) is 0 Å². The van der Waals surface area contributed by atoms with Crippen molar-refractivity contribution in [2.75, 3.05) is 0 Å². The average Bonchev–Trinajstić information content (AvgIpc) is 3.08. The molecule has 0 bridgehead atoms. The van der Waals surface area contributed by atoms with Crippen molar-refractivity contribution in [2.45, 2.75) is 0 Å². The first-order valence-corrected chi connectivity index (χ1v) is 20.8. The first kappa shape index (κ1) is 26.9. The van der Waals surface area contributed by atoms with E-state index in [0.29, 0.717) is 0 Å². The summed E-state index contributed by atoms with van der Waals surface area (Å²) in [5, 5.41) is 6.91. The van der Waals surface area contributed by atoms with Crippen LogP contribution in [0.1, 0.15) is 0 Å². The molecule has 0 atom stereocenters. The van der Waals surface area contributed by atoms with Gasteiger partial charge in [0.2, 0.25) is 0 Å². The van der Waals surface area contributed by atoms with Gasteiger partial charge in [-0.3, -0.25) is 0 Å². The normalized spacial score (nSPS) is 11.5. The van der Waals surface area contributed by atoms with E-state index in [1.807, 2.05) is 0 Å². The van der Waals surface area contributed by atoms with Crippen LogP contribution in [0.3, 0.4) is 0 Å². The minimum absolute atomic E-state index is 0.784. The van der Waals surface area contributed by atoms with E-state index < -0.39 is 26.7 Å². The van der Waals surface area contributed by atoms with Gasteiger partial charge < -0.3 is 0 Å². The molecule has 0 fully saturated rings. The van der Waals surface area contributed by atoms with Crippen LogP contribution in [0.15, 0.2) is 188 Å². The number of fused-ring (bicyclic) bond motifs is 1. The summed E-state index contributed by atoms with van der Waals surface area (Å²) in [6.07, 6.45) is 0. The van der Waals surface area contributed by atoms with Gasteiger partial charge in [-0.2, -0.15) is 0 Å². The Morgan fingerprint density at radius 2 is 0.714 bits per heavy atom. The van der Waals surface area contributed by atoms with Crippen molar-refractivity contribution in [3.63, 3.8) is 0 Å². The van der Waals surface area contributed by atoms with Gasteiger partial charge in [0.25, 0.3) is 0 Å². The third kappa shape index (κ3) is 4.80. The van der Waals surface area contributed by atoms with E-state index in [0.717, 1.165) is 0 Å². The number of hydrogen-bond acceptors (Lipinski definition) is 0. The Balaban J connectivity index is 1.65. The molecule has 7 rings (SSSR count). The van der Waals surface area contributed by atoms with Gasteiger partial charge in [-0.1, -0.05) is 0 Å². The Morgan fingerprint density at radius 1 is 0.333 bits per heavy atom. The van der Waals surface area contributed by atoms with E-state index in [-0.39, 0.29) is 0 Å². The van der Waals surface area contributed by atoms with E-state index >= 15 is 0 Å². The fourth-order valence-electron chi connectivity index (χ4n) is 6.17. The molecule has 0 saturated heterocycles. The van der Waals surface area contributed by atoms with Crippen LogP contribution in [0, 0.1) is 0 Å². The third-order valence-corrected chi connectivity index (χ3v) is 22.7. The molecule has 0 aliphatic rings. The summed E-state index contributed by atoms with van der Waals surface area (Å²) in [5.41, 5.74) is 0. The molecular weight excluding hydrogens is 633 g/mol. The second kappa shape index (κ2) is 12.1. The van der Waals surface area contributed by atoms with Crippen molar-refractivity contribution in [3.05, 3.63) is 188 Å². The summed E-state index contributed by atoms with van der Waals surface area (Å²) in [7, 11) is -0.784. The fraction of sp³-hybridized carbons (Fsp3) is 0. The molecule has 0 N–H and O–H groups in total. The van der Waals surface area contributed by atoms with Gasteiger partial charge in [0.15, 0.2) is 0 Å². The zero-order valence-electron chi connectivity index (χ0n) is 23.3. The monoisotopic (exact) mass is 663 g/mol. The molecule has 42 heavy (non-hydrogen) atoms. The van der Waals surface area contributed by atoms with Crippen LogP contribution in [0.25, 0.3) is 10.8 Å². The molecule has 0 unspecified atom stereocenters. The Kier molecular flexibility index (Phi) is 7.76. The van der Waals surface area contributed by atoms with E-state index in [1.54, 1.807) is 0 Å². The van der Waals surface area contributed by atoms with Gasteiger partial charge in [-0.25, -0.2) is 0 Å². The van der Waals surface area contributed by atoms with Crippen molar-refractivity contribution >= 4 is 67.5 Å². The van der Waals surface area contributed by atoms with Gasteiger partial charge in [0.1, 0.15) is 0 Å². The van der Waals surface area contributed by atoms with E-state index in [9.17, 15) is 0 Å². The fourth-order valence-corrected chi connectivity index (χ4v) is 21.7. The second-order valence-corrected chi connectivity index (χ2v) is 22.1. The summed E-state index contributed by atoms with van der Waals surface area (Å²) in [6.45, 7) is 0. The minimum atomic E-state index is -3.71. The Morgan fingerprint density at radius 3 is 1.14 bits per heavy atom. The molecule has 0 aliphatic heterocycles. The van der Waals surface area contributed by atoms with Crippen LogP contribution < -0.4 is 30.0 Å². The zero-order valence-corrected chi connectivity index (χ0v) is 26.7. The first-order valence-electron chi connectivity index (χ1n) is 14.4. The van der Waals surface area contributed by atoms with Crippen LogP contribution in [0.5, 0.6) is 0 Å². The summed E-state index contributed by atoms with van der Waals surface area (Å²) >= 11 is -3.71. The van der Waals surface area contributed by atoms with Gasteiger partial charge in [-0.15, -0.1) is 0 Å². The molecule has 0 aliphatic carbocycles. The first-order chi connectivity index (χ1) is 20.9. The van der Waals surface area contributed by atoms with Gasteiger partial charge in [0.05, 0.1) is 0 Å². The molecule has 0 nitrogen and oxygen atoms in total. The van der Waals surface area contributed by atoms with Crippen LogP contribution >= 0.6 is 7.92 Å². The number of benzene rings is 7. The Bertz CT molecular complexity index is 1760. The molecule has 0 amide bonds. The predicted molar refractivity (Wildman–Crippen MR) is 186 cm³/mol. The molecule has 200 valence electrons. The quantitative estimate of drug-likeness (QED) is 0.146. The zero-order chi connectivity index (χ0) is 28.2. The molecule has 0 radical (unpaired) electrons. The maximum absolute atomic E-state index is 3.71. The summed E-state index contributed by atoms with van der Waals surface area (Å²) in [6, 6.07) is 70.2. The summed E-state index contributed by atoms with van der Waals surface area (Å²) in [5.74, 6) is 0. The van der Waals surface area contributed by atoms with Crippen molar-refractivity contribution < 1.29 is 0 Å². The molecule has 7 aromatic carbocycles. The van der Waals surface area contributed by atoms with Crippen LogP contribution in [0.4, 0.5) is 0 Å². The van der Waals surface area contributed by atoms with Crippen LogP contribution in [0.2, 0.25) is 0 Å². The molecule has 0 heterocycles. The van der Waals surface area contributed by atoms with Crippen molar-refractivity contribution in [3.8, 4) is 0 Å². The van der Waals surface area contributed by atoms with Crippen LogP contribution in [-0.2, 0) is 0 Å². The number of rotatable bonds is 7. The summed E-state index contributed by atoms with van der Waals surface area (Å²) < 4.78 is 5.88. The molecule has 0 saturated carbocycles. The predicted octanol–water partition coefficient (Wildman–Crippen LogP) is 5.98. The molecule has 0 spiro atoms. The molecular formula is C40H31PSb+. The van der Waals surface area contributed by atoms with Gasteiger partial charge >= 0.3 is 256 Å². The Hall–Kier alpha value is -3.95. The van der Waals surface area contributed by atoms with Crippen molar-refractivity contribution in [1.82, 2.24) is 0 Å². The second-order valence-electron chi connectivity index (χ2n) is 10.3. The SMILES string of the molecule is c1ccc(P(c2ccccc2)c2cccc3ccc[c]([Sb+]([c]4ccccc4)([c]4ccccc4)[c]4ccccc4)c23)cc1. The van der Waals surface area contributed by atoms with Gasteiger partial charge in [0, 0.05) is 0 Å². The third-order valence-electron chi connectivity index (χ3n) is 7.92. The van der Waals surface area contributed by atoms with Crippen molar-refractivity contribution in [1.29, 1.82) is 0 Å². The topological polar surface area (TPSA) is 0 Å². The molecule has 0 aromatic heterocycles. The Labute approximate surface area is 254 Å². The molecule has 2 heteroatoms. The standard InChI is InChI=1S/C22H16P.3C6H5.Sb/c1-3-12-19(13-4-1)23(20-14-5-2-6-15-20)22-17-9-11-18-10-7-8-16-21(18)22;3*1-2-4-6-5-3-1;/h1-15,17H;3*1-5H;/q;;;;+1. The van der Waals surface area contributed by atoms with Crippen molar-refractivity contribution in [2.24, 2.45) is 0 Å². The molecule has 7 aromatic rings. The van der Waals surface area contributed by atoms with Crippen LogP contribution in [-0.4, -0.2) is 18.8 Å². The average molecular weight is 664 g/mol.